The summed E-state index contributed by atoms with van der Waals surface area (Å²) in [5, 5.41) is 7.12. The summed E-state index contributed by atoms with van der Waals surface area (Å²) in [4.78, 5) is 30.0. The van der Waals surface area contributed by atoms with Crippen molar-refractivity contribution in [2.24, 2.45) is 0 Å². The lowest BCUT2D eigenvalue weighted by atomic mass is 9.79. The van der Waals surface area contributed by atoms with Crippen LogP contribution in [0.3, 0.4) is 0 Å². The zero-order chi connectivity index (χ0) is 20.1. The van der Waals surface area contributed by atoms with Crippen molar-refractivity contribution in [2.45, 2.75) is 43.8 Å². The number of hydrogen-bond donors (Lipinski definition) is 1. The molecule has 0 unspecified atom stereocenters. The molecule has 0 saturated carbocycles. The van der Waals surface area contributed by atoms with Gasteiger partial charge in [-0.25, -0.2) is 4.79 Å². The Kier molecular flexibility index (Phi) is 6.80. The zero-order valence-electron chi connectivity index (χ0n) is 15.2. The number of carbonyl (C=O) groups is 2. The molecule has 0 radical (unpaired) electrons. The summed E-state index contributed by atoms with van der Waals surface area (Å²) in [5.74, 6) is -2.67. The van der Waals surface area contributed by atoms with Gasteiger partial charge in [0.1, 0.15) is 5.69 Å². The molecule has 3 rings (SSSR count). The van der Waals surface area contributed by atoms with E-state index in [1.807, 2.05) is 17.0 Å². The average molecular weight is 387 g/mol. The number of halogens is 3. The predicted octanol–water partition coefficient (Wildman–Crippen LogP) is 2.81. The van der Waals surface area contributed by atoms with E-state index in [0.717, 1.165) is 25.9 Å². The highest BCUT2D eigenvalue weighted by atomic mass is 19.4. The minimum Gasteiger partial charge on any atom is -0.475 e. The van der Waals surface area contributed by atoms with Gasteiger partial charge in [0.2, 0.25) is 0 Å². The number of carboxylic acid groups (broad SMARTS) is 1. The lowest BCUT2D eigenvalue weighted by molar-refractivity contribution is -0.192. The summed E-state index contributed by atoms with van der Waals surface area (Å²) in [7, 11) is 2.25. The van der Waals surface area contributed by atoms with E-state index in [0.29, 0.717) is 11.2 Å². The SMILES string of the molecule is CN1CCCCC12CCN(C(=O)c1ccccn1)CC2.O=C(O)C(F)(F)F. The molecule has 9 heteroatoms. The first-order valence-corrected chi connectivity index (χ1v) is 8.87. The molecule has 150 valence electrons. The minimum atomic E-state index is -5.08. The molecule has 1 amide bonds. The number of carboxylic acids is 1. The standard InChI is InChI=1S/C16H23N3O.C2HF3O2/c1-18-11-5-3-7-16(18)8-12-19(13-9-16)15(20)14-6-2-4-10-17-14;3-2(4,5)1(6)7/h2,4,6,10H,3,5,7-9,11-13H2,1H3;(H,6,7). The highest BCUT2D eigenvalue weighted by molar-refractivity contribution is 5.92. The number of piperidine rings is 2. The first-order chi connectivity index (χ1) is 12.7. The predicted molar refractivity (Wildman–Crippen MR) is 92.3 cm³/mol. The van der Waals surface area contributed by atoms with E-state index in [1.165, 1.54) is 25.8 Å². The topological polar surface area (TPSA) is 73.7 Å². The highest BCUT2D eigenvalue weighted by Gasteiger charge is 2.40. The van der Waals surface area contributed by atoms with Crippen LogP contribution in [0.15, 0.2) is 24.4 Å². The van der Waals surface area contributed by atoms with Crippen LogP contribution in [0, 0.1) is 0 Å². The Bertz CT molecular complexity index is 644. The third-order valence-electron chi connectivity index (χ3n) is 5.30. The first kappa shape index (κ1) is 21.1. The van der Waals surface area contributed by atoms with Gasteiger partial charge in [0.05, 0.1) is 0 Å². The van der Waals surface area contributed by atoms with Gasteiger partial charge in [0, 0.05) is 24.8 Å². The van der Waals surface area contributed by atoms with Gasteiger partial charge in [-0.3, -0.25) is 9.78 Å². The Labute approximate surface area is 156 Å². The van der Waals surface area contributed by atoms with Gasteiger partial charge >= 0.3 is 12.1 Å². The smallest absolute Gasteiger partial charge is 0.475 e. The Balaban J connectivity index is 0.000000321. The molecule has 27 heavy (non-hydrogen) atoms. The summed E-state index contributed by atoms with van der Waals surface area (Å²) < 4.78 is 31.7. The van der Waals surface area contributed by atoms with Crippen LogP contribution in [0.1, 0.15) is 42.6 Å². The van der Waals surface area contributed by atoms with Crippen molar-refractivity contribution in [3.63, 3.8) is 0 Å². The van der Waals surface area contributed by atoms with Gasteiger partial charge < -0.3 is 14.9 Å². The second-order valence-electron chi connectivity index (χ2n) is 6.91. The molecule has 0 aliphatic carbocycles. The third kappa shape index (κ3) is 5.41. The molecule has 1 N–H and O–H groups in total. The fraction of sp³-hybridized carbons (Fsp3) is 0.611. The van der Waals surface area contributed by atoms with E-state index >= 15 is 0 Å². The second-order valence-corrected chi connectivity index (χ2v) is 6.91. The molecule has 1 spiro atoms. The molecule has 2 aliphatic rings. The van der Waals surface area contributed by atoms with Crippen LogP contribution in [0.25, 0.3) is 0 Å². The van der Waals surface area contributed by atoms with Crippen molar-refractivity contribution in [3.8, 4) is 0 Å². The number of hydrogen-bond acceptors (Lipinski definition) is 4. The van der Waals surface area contributed by atoms with E-state index in [-0.39, 0.29) is 5.91 Å². The van der Waals surface area contributed by atoms with Gasteiger partial charge in [0.15, 0.2) is 0 Å². The van der Waals surface area contributed by atoms with Crippen LogP contribution in [-0.4, -0.2) is 70.2 Å². The molecule has 2 aliphatic heterocycles. The van der Waals surface area contributed by atoms with Gasteiger partial charge in [-0.05, 0) is 51.4 Å². The summed E-state index contributed by atoms with van der Waals surface area (Å²) in [6, 6.07) is 5.53. The van der Waals surface area contributed by atoms with Crippen molar-refractivity contribution in [3.05, 3.63) is 30.1 Å². The molecule has 6 nitrogen and oxygen atoms in total. The Morgan fingerprint density at radius 3 is 2.22 bits per heavy atom. The molecule has 2 fully saturated rings. The van der Waals surface area contributed by atoms with Gasteiger partial charge in [0.25, 0.3) is 5.91 Å². The Morgan fingerprint density at radius 2 is 1.74 bits per heavy atom. The van der Waals surface area contributed by atoms with Gasteiger partial charge in [-0.15, -0.1) is 0 Å². The third-order valence-corrected chi connectivity index (χ3v) is 5.30. The molecule has 0 atom stereocenters. The first-order valence-electron chi connectivity index (χ1n) is 8.87. The van der Waals surface area contributed by atoms with Crippen LogP contribution in [-0.2, 0) is 4.79 Å². The van der Waals surface area contributed by atoms with E-state index in [2.05, 4.69) is 16.9 Å². The maximum Gasteiger partial charge on any atom is 0.490 e. The number of nitrogens with zero attached hydrogens (tertiary/aromatic N) is 3. The number of amides is 1. The molecule has 1 aromatic rings. The number of aliphatic carboxylic acids is 1. The molecule has 0 aromatic carbocycles. The maximum atomic E-state index is 12.4. The summed E-state index contributed by atoms with van der Waals surface area (Å²) >= 11 is 0. The molecule has 1 aromatic heterocycles. The van der Waals surface area contributed by atoms with E-state index in [1.54, 1.807) is 12.3 Å². The molecular weight excluding hydrogens is 363 g/mol. The van der Waals surface area contributed by atoms with Crippen molar-refractivity contribution >= 4 is 11.9 Å². The van der Waals surface area contributed by atoms with Crippen LogP contribution >= 0.6 is 0 Å². The van der Waals surface area contributed by atoms with Gasteiger partial charge in [-0.1, -0.05) is 12.5 Å². The number of pyridine rings is 1. The van der Waals surface area contributed by atoms with Crippen molar-refractivity contribution in [2.75, 3.05) is 26.7 Å². The van der Waals surface area contributed by atoms with Crippen LogP contribution < -0.4 is 0 Å². The zero-order valence-corrected chi connectivity index (χ0v) is 15.2. The summed E-state index contributed by atoms with van der Waals surface area (Å²) in [6.07, 6.45) is 2.74. The largest absolute Gasteiger partial charge is 0.490 e. The van der Waals surface area contributed by atoms with Crippen molar-refractivity contribution in [1.29, 1.82) is 0 Å². The Morgan fingerprint density at radius 1 is 1.11 bits per heavy atom. The number of aromatic nitrogens is 1. The number of alkyl halides is 3. The average Bonchev–Trinajstić information content (AvgIpc) is 2.65. The second kappa shape index (κ2) is 8.69. The normalized spacial score (nSPS) is 19.9. The fourth-order valence-corrected chi connectivity index (χ4v) is 3.64. The minimum absolute atomic E-state index is 0.0823. The summed E-state index contributed by atoms with van der Waals surface area (Å²) in [5.41, 5.74) is 0.916. The Hall–Kier alpha value is -2.16. The van der Waals surface area contributed by atoms with Crippen LogP contribution in [0.2, 0.25) is 0 Å². The molecule has 2 saturated heterocycles. The van der Waals surface area contributed by atoms with E-state index in [4.69, 9.17) is 9.90 Å². The highest BCUT2D eigenvalue weighted by Crippen LogP contribution is 2.36. The molecule has 3 heterocycles. The number of likely N-dealkylation sites (tertiary alicyclic amines) is 2. The quantitative estimate of drug-likeness (QED) is 0.802. The lowest BCUT2D eigenvalue weighted by Gasteiger charge is -2.50. The van der Waals surface area contributed by atoms with E-state index < -0.39 is 12.1 Å². The summed E-state index contributed by atoms with van der Waals surface area (Å²) in [6.45, 7) is 2.92. The number of carbonyl (C=O) groups excluding carboxylic acids is 1. The van der Waals surface area contributed by atoms with Crippen molar-refractivity contribution < 1.29 is 27.9 Å². The lowest BCUT2D eigenvalue weighted by Crippen LogP contribution is -2.56. The maximum absolute atomic E-state index is 12.4. The monoisotopic (exact) mass is 387 g/mol. The fourth-order valence-electron chi connectivity index (χ4n) is 3.64. The molecular formula is C18H24F3N3O3. The van der Waals surface area contributed by atoms with Crippen LogP contribution in [0.5, 0.6) is 0 Å². The van der Waals surface area contributed by atoms with Crippen molar-refractivity contribution in [1.82, 2.24) is 14.8 Å². The van der Waals surface area contributed by atoms with E-state index in [9.17, 15) is 18.0 Å². The van der Waals surface area contributed by atoms with Gasteiger partial charge in [-0.2, -0.15) is 13.2 Å². The molecule has 0 bridgehead atoms. The number of rotatable bonds is 1. The van der Waals surface area contributed by atoms with Crippen LogP contribution in [0.4, 0.5) is 13.2 Å².